The van der Waals surface area contributed by atoms with Crippen LogP contribution in [0, 0.1) is 0 Å². The Morgan fingerprint density at radius 2 is 1.67 bits per heavy atom. The van der Waals surface area contributed by atoms with Gasteiger partial charge < -0.3 is 0 Å². The predicted molar refractivity (Wildman–Crippen MR) is 55.4 cm³/mol. The molecule has 0 saturated carbocycles. The molecule has 15 heavy (non-hydrogen) atoms. The second-order valence-corrected chi connectivity index (χ2v) is 6.60. The zero-order chi connectivity index (χ0) is 11.9. The van der Waals surface area contributed by atoms with Gasteiger partial charge in [0.1, 0.15) is 0 Å². The lowest BCUT2D eigenvalue weighted by molar-refractivity contribution is 0.308. The third-order valence-corrected chi connectivity index (χ3v) is 4.43. The lowest BCUT2D eigenvalue weighted by Crippen LogP contribution is -2.18. The summed E-state index contributed by atoms with van der Waals surface area (Å²) < 4.78 is 55.1. The van der Waals surface area contributed by atoms with Gasteiger partial charge in [0, 0.05) is 0 Å². The topological polar surface area (TPSA) is 97.7 Å². The Balaban J connectivity index is 3.86. The van der Waals surface area contributed by atoms with Crippen molar-refractivity contribution in [2.75, 3.05) is 11.7 Å². The van der Waals surface area contributed by atoms with Crippen molar-refractivity contribution in [3.63, 3.8) is 0 Å². The van der Waals surface area contributed by atoms with Crippen molar-refractivity contribution in [3.8, 4) is 0 Å². The van der Waals surface area contributed by atoms with Gasteiger partial charge >= 0.3 is 0 Å². The molecule has 0 radical (unpaired) electrons. The van der Waals surface area contributed by atoms with Gasteiger partial charge in [-0.2, -0.15) is 16.8 Å². The van der Waals surface area contributed by atoms with Gasteiger partial charge in [-0.3, -0.25) is 8.74 Å². The number of hydrogen-bond acceptors (Lipinski definition) is 5. The van der Waals surface area contributed by atoms with E-state index in [1.807, 2.05) is 6.92 Å². The lowest BCUT2D eigenvalue weighted by atomic mass is 10.2. The standard InChI is InChI=1S/C7H16O6S2/c1-2-3-4-5-6-13-15(11,12)7-14(8,9)10/h2-7H2,1H3,(H,8,9,10). The maximum absolute atomic E-state index is 10.9. The largest absolute Gasteiger partial charge is 0.285 e. The number of hydrogen-bond donors (Lipinski definition) is 1. The Hall–Kier alpha value is -0.180. The van der Waals surface area contributed by atoms with Gasteiger partial charge in [0.15, 0.2) is 0 Å². The molecule has 0 aromatic rings. The molecule has 8 heteroatoms. The smallest absolute Gasteiger partial charge is 0.284 e. The van der Waals surface area contributed by atoms with Gasteiger partial charge in [0.2, 0.25) is 5.08 Å². The van der Waals surface area contributed by atoms with Crippen LogP contribution in [0.3, 0.4) is 0 Å². The Bertz CT molecular complexity index is 355. The van der Waals surface area contributed by atoms with E-state index in [4.69, 9.17) is 4.55 Å². The van der Waals surface area contributed by atoms with E-state index in [-0.39, 0.29) is 6.61 Å². The molecule has 0 bridgehead atoms. The Kier molecular flexibility index (Phi) is 6.34. The molecule has 1 N–H and O–H groups in total. The first kappa shape index (κ1) is 14.8. The number of unbranched alkanes of at least 4 members (excludes halogenated alkanes) is 3. The minimum absolute atomic E-state index is 0.0438. The molecule has 0 atom stereocenters. The molecule has 0 aliphatic heterocycles. The van der Waals surface area contributed by atoms with E-state index in [1.165, 1.54) is 0 Å². The van der Waals surface area contributed by atoms with Crippen molar-refractivity contribution in [1.29, 1.82) is 0 Å². The van der Waals surface area contributed by atoms with Crippen LogP contribution in [-0.4, -0.2) is 33.1 Å². The highest BCUT2D eigenvalue weighted by atomic mass is 32.3. The summed E-state index contributed by atoms with van der Waals surface area (Å²) >= 11 is 0. The molecule has 0 fully saturated rings. The Morgan fingerprint density at radius 3 is 2.13 bits per heavy atom. The third-order valence-electron chi connectivity index (χ3n) is 1.55. The molecule has 0 amide bonds. The molecule has 0 unspecified atom stereocenters. The summed E-state index contributed by atoms with van der Waals surface area (Å²) in [5.41, 5.74) is 0. The highest BCUT2D eigenvalue weighted by Crippen LogP contribution is 2.03. The zero-order valence-corrected chi connectivity index (χ0v) is 10.2. The summed E-state index contributed by atoms with van der Waals surface area (Å²) in [6.45, 7) is 1.97. The fraction of sp³-hybridized carbons (Fsp3) is 1.00. The van der Waals surface area contributed by atoms with E-state index in [9.17, 15) is 16.8 Å². The van der Waals surface area contributed by atoms with Crippen LogP contribution in [-0.2, 0) is 24.4 Å². The minimum Gasteiger partial charge on any atom is -0.285 e. The molecule has 0 saturated heterocycles. The summed E-state index contributed by atoms with van der Waals surface area (Å²) in [5.74, 6) is 0. The predicted octanol–water partition coefficient (Wildman–Crippen LogP) is 0.758. The molecule has 0 heterocycles. The average molecular weight is 260 g/mol. The molecule has 6 nitrogen and oxygen atoms in total. The molecule has 0 aromatic carbocycles. The quantitative estimate of drug-likeness (QED) is 0.393. The number of rotatable bonds is 8. The van der Waals surface area contributed by atoms with Gasteiger partial charge in [-0.15, -0.1) is 0 Å². The van der Waals surface area contributed by atoms with Crippen LogP contribution >= 0.6 is 0 Å². The van der Waals surface area contributed by atoms with Crippen LogP contribution in [0.4, 0.5) is 0 Å². The van der Waals surface area contributed by atoms with Gasteiger partial charge in [0.25, 0.3) is 20.2 Å². The van der Waals surface area contributed by atoms with Crippen LogP contribution in [0.2, 0.25) is 0 Å². The molecule has 92 valence electrons. The molecule has 0 spiro atoms. The summed E-state index contributed by atoms with van der Waals surface area (Å²) in [6.07, 6.45) is 3.37. The van der Waals surface area contributed by atoms with Crippen molar-refractivity contribution >= 4 is 20.2 Å². The molecule has 0 aliphatic rings. The first-order valence-electron chi connectivity index (χ1n) is 4.59. The van der Waals surface area contributed by atoms with Gasteiger partial charge in [0.05, 0.1) is 6.61 Å². The first-order valence-corrected chi connectivity index (χ1v) is 7.78. The SMILES string of the molecule is CCCCCCOS(=O)(=O)CS(=O)(=O)O. The van der Waals surface area contributed by atoms with Crippen molar-refractivity contribution < 1.29 is 25.6 Å². The summed E-state index contributed by atoms with van der Waals surface area (Å²) in [5, 5.41) is -1.38. The molecule has 0 rings (SSSR count). The summed E-state index contributed by atoms with van der Waals surface area (Å²) in [4.78, 5) is 0. The van der Waals surface area contributed by atoms with E-state index in [2.05, 4.69) is 4.18 Å². The second kappa shape index (κ2) is 6.41. The second-order valence-electron chi connectivity index (χ2n) is 3.14. The van der Waals surface area contributed by atoms with Crippen molar-refractivity contribution in [3.05, 3.63) is 0 Å². The molecule has 0 aliphatic carbocycles. The van der Waals surface area contributed by atoms with Crippen LogP contribution in [0.15, 0.2) is 0 Å². The zero-order valence-electron chi connectivity index (χ0n) is 8.55. The maximum atomic E-state index is 10.9. The molecular weight excluding hydrogens is 244 g/mol. The van der Waals surface area contributed by atoms with Crippen LogP contribution in [0.1, 0.15) is 32.6 Å². The monoisotopic (exact) mass is 260 g/mol. The Labute approximate surface area is 90.5 Å². The highest BCUT2D eigenvalue weighted by molar-refractivity contribution is 8.03. The normalized spacial score (nSPS) is 12.9. The summed E-state index contributed by atoms with van der Waals surface area (Å²) in [7, 11) is -8.71. The van der Waals surface area contributed by atoms with Gasteiger partial charge in [-0.25, -0.2) is 0 Å². The first-order chi connectivity index (χ1) is 6.77. The maximum Gasteiger partial charge on any atom is 0.284 e. The van der Waals surface area contributed by atoms with Crippen LogP contribution in [0.25, 0.3) is 0 Å². The third kappa shape index (κ3) is 10.1. The van der Waals surface area contributed by atoms with Crippen LogP contribution < -0.4 is 0 Å². The average Bonchev–Trinajstić information content (AvgIpc) is 1.99. The Morgan fingerprint density at radius 1 is 1.07 bits per heavy atom. The lowest BCUT2D eigenvalue weighted by Gasteiger charge is -2.03. The van der Waals surface area contributed by atoms with Crippen LogP contribution in [0.5, 0.6) is 0 Å². The fourth-order valence-corrected chi connectivity index (χ4v) is 3.03. The van der Waals surface area contributed by atoms with Crippen molar-refractivity contribution in [1.82, 2.24) is 0 Å². The van der Waals surface area contributed by atoms with E-state index < -0.39 is 25.3 Å². The minimum atomic E-state index is -4.54. The molecular formula is C7H16O6S2. The van der Waals surface area contributed by atoms with Crippen molar-refractivity contribution in [2.24, 2.45) is 0 Å². The molecule has 0 aromatic heterocycles. The van der Waals surface area contributed by atoms with Crippen molar-refractivity contribution in [2.45, 2.75) is 32.6 Å². The van der Waals surface area contributed by atoms with Gasteiger partial charge in [-0.1, -0.05) is 26.2 Å². The fourth-order valence-electron chi connectivity index (χ4n) is 0.931. The van der Waals surface area contributed by atoms with E-state index in [0.29, 0.717) is 6.42 Å². The van der Waals surface area contributed by atoms with Gasteiger partial charge in [-0.05, 0) is 6.42 Å². The summed E-state index contributed by atoms with van der Waals surface area (Å²) in [6, 6.07) is 0. The van der Waals surface area contributed by atoms with E-state index in [0.717, 1.165) is 19.3 Å². The van der Waals surface area contributed by atoms with E-state index >= 15 is 0 Å². The van der Waals surface area contributed by atoms with E-state index in [1.54, 1.807) is 0 Å². The highest BCUT2D eigenvalue weighted by Gasteiger charge is 2.20.